The molecule has 1 rings (SSSR count). The second-order valence-electron chi connectivity index (χ2n) is 3.47. The summed E-state index contributed by atoms with van der Waals surface area (Å²) in [5.41, 5.74) is 0.514. The normalized spacial score (nSPS) is 12.5. The Morgan fingerprint density at radius 3 is 2.15 bits per heavy atom. The van der Waals surface area contributed by atoms with Gasteiger partial charge in [0.1, 0.15) is 11.9 Å². The highest BCUT2D eigenvalue weighted by Gasteiger charge is 2.12. The van der Waals surface area contributed by atoms with E-state index in [1.54, 1.807) is 12.4 Å². The van der Waals surface area contributed by atoms with Crippen LogP contribution in [0.5, 0.6) is 0 Å². The van der Waals surface area contributed by atoms with Gasteiger partial charge in [-0.3, -0.25) is 0 Å². The van der Waals surface area contributed by atoms with Gasteiger partial charge in [-0.2, -0.15) is 5.26 Å². The minimum atomic E-state index is 0.341. The number of nitrogens with zero attached hydrogens (tertiary/aromatic N) is 3. The third kappa shape index (κ3) is 2.25. The predicted octanol–water partition coefficient (Wildman–Crippen LogP) is 2.11. The van der Waals surface area contributed by atoms with Gasteiger partial charge in [-0.15, -0.1) is 0 Å². The van der Waals surface area contributed by atoms with Crippen LogP contribution in [0, 0.1) is 17.2 Å². The molecule has 0 radical (unpaired) electrons. The van der Waals surface area contributed by atoms with Crippen LogP contribution in [0.25, 0.3) is 0 Å². The minimum absolute atomic E-state index is 0.341. The largest absolute Gasteiger partial charge is 0.240 e. The first-order valence-corrected chi connectivity index (χ1v) is 4.37. The van der Waals surface area contributed by atoms with E-state index in [4.69, 9.17) is 5.26 Å². The maximum absolute atomic E-state index is 8.55. The lowest BCUT2D eigenvalue weighted by Gasteiger charge is -2.12. The zero-order valence-corrected chi connectivity index (χ0v) is 8.15. The van der Waals surface area contributed by atoms with Gasteiger partial charge in [-0.25, -0.2) is 9.97 Å². The van der Waals surface area contributed by atoms with Crippen molar-refractivity contribution >= 4 is 0 Å². The second kappa shape index (κ2) is 3.99. The first-order chi connectivity index (χ1) is 6.15. The molecule has 0 aromatic carbocycles. The lowest BCUT2D eigenvalue weighted by Crippen LogP contribution is -2.06. The molecule has 0 aliphatic heterocycles. The van der Waals surface area contributed by atoms with Crippen molar-refractivity contribution in [2.24, 2.45) is 5.92 Å². The Morgan fingerprint density at radius 1 is 1.23 bits per heavy atom. The van der Waals surface area contributed by atoms with Crippen LogP contribution in [0.15, 0.2) is 12.4 Å². The zero-order valence-electron chi connectivity index (χ0n) is 8.15. The van der Waals surface area contributed by atoms with E-state index in [0.717, 1.165) is 5.82 Å². The molecule has 3 heteroatoms. The molecular formula is C10H13N3. The van der Waals surface area contributed by atoms with E-state index in [9.17, 15) is 0 Å². The highest BCUT2D eigenvalue weighted by molar-refractivity contribution is 5.22. The van der Waals surface area contributed by atoms with E-state index in [2.05, 4.69) is 30.7 Å². The van der Waals surface area contributed by atoms with E-state index in [0.29, 0.717) is 17.4 Å². The molecule has 0 fully saturated rings. The summed E-state index contributed by atoms with van der Waals surface area (Å²) in [5, 5.41) is 8.55. The summed E-state index contributed by atoms with van der Waals surface area (Å²) in [5.74, 6) is 1.68. The SMILES string of the molecule is CC(C)C(C)c1ncc(C#N)cn1. The molecule has 68 valence electrons. The topological polar surface area (TPSA) is 49.6 Å². The first-order valence-electron chi connectivity index (χ1n) is 4.37. The number of hydrogen-bond donors (Lipinski definition) is 0. The van der Waals surface area contributed by atoms with Gasteiger partial charge in [0.25, 0.3) is 0 Å². The molecular weight excluding hydrogens is 162 g/mol. The summed E-state index contributed by atoms with van der Waals surface area (Å²) in [6, 6.07) is 2.00. The molecule has 0 aliphatic carbocycles. The Labute approximate surface area is 78.5 Å². The van der Waals surface area contributed by atoms with Crippen LogP contribution < -0.4 is 0 Å². The van der Waals surface area contributed by atoms with Crippen LogP contribution in [0.3, 0.4) is 0 Å². The highest BCUT2D eigenvalue weighted by atomic mass is 14.9. The maximum Gasteiger partial charge on any atom is 0.131 e. The Kier molecular flexibility index (Phi) is 2.97. The van der Waals surface area contributed by atoms with Crippen molar-refractivity contribution in [2.75, 3.05) is 0 Å². The van der Waals surface area contributed by atoms with Crippen LogP contribution in [-0.4, -0.2) is 9.97 Å². The lowest BCUT2D eigenvalue weighted by atomic mass is 9.97. The molecule has 0 spiro atoms. The number of hydrogen-bond acceptors (Lipinski definition) is 3. The molecule has 0 amide bonds. The van der Waals surface area contributed by atoms with Crippen molar-refractivity contribution in [2.45, 2.75) is 26.7 Å². The van der Waals surface area contributed by atoms with Gasteiger partial charge in [0, 0.05) is 18.3 Å². The predicted molar refractivity (Wildman–Crippen MR) is 50.0 cm³/mol. The van der Waals surface area contributed by atoms with Gasteiger partial charge in [0.2, 0.25) is 0 Å². The third-order valence-corrected chi connectivity index (χ3v) is 2.21. The van der Waals surface area contributed by atoms with E-state index in [1.165, 1.54) is 0 Å². The van der Waals surface area contributed by atoms with Gasteiger partial charge in [-0.05, 0) is 5.92 Å². The van der Waals surface area contributed by atoms with Crippen molar-refractivity contribution < 1.29 is 0 Å². The average Bonchev–Trinajstić information content (AvgIpc) is 2.17. The van der Waals surface area contributed by atoms with Gasteiger partial charge >= 0.3 is 0 Å². The van der Waals surface area contributed by atoms with Crippen LogP contribution in [-0.2, 0) is 0 Å². The van der Waals surface area contributed by atoms with Crippen LogP contribution in [0.2, 0.25) is 0 Å². The summed E-state index contributed by atoms with van der Waals surface area (Å²) >= 11 is 0. The minimum Gasteiger partial charge on any atom is -0.240 e. The molecule has 1 aromatic rings. The summed E-state index contributed by atoms with van der Waals surface area (Å²) < 4.78 is 0. The monoisotopic (exact) mass is 175 g/mol. The van der Waals surface area contributed by atoms with Crippen LogP contribution in [0.1, 0.15) is 38.1 Å². The van der Waals surface area contributed by atoms with Crippen LogP contribution >= 0.6 is 0 Å². The molecule has 0 saturated heterocycles. The molecule has 0 bridgehead atoms. The summed E-state index contributed by atoms with van der Waals surface area (Å²) in [6.07, 6.45) is 3.14. The molecule has 1 atom stereocenters. The van der Waals surface area contributed by atoms with Gasteiger partial charge in [0.05, 0.1) is 5.56 Å². The maximum atomic E-state index is 8.55. The second-order valence-corrected chi connectivity index (χ2v) is 3.47. The van der Waals surface area contributed by atoms with Crippen molar-refractivity contribution in [3.05, 3.63) is 23.8 Å². The van der Waals surface area contributed by atoms with E-state index in [1.807, 2.05) is 6.07 Å². The van der Waals surface area contributed by atoms with Crippen LogP contribution in [0.4, 0.5) is 0 Å². The number of aromatic nitrogens is 2. The van der Waals surface area contributed by atoms with E-state index >= 15 is 0 Å². The molecule has 13 heavy (non-hydrogen) atoms. The molecule has 1 heterocycles. The fourth-order valence-electron chi connectivity index (χ4n) is 0.929. The Morgan fingerprint density at radius 2 is 1.77 bits per heavy atom. The standard InChI is InChI=1S/C10H13N3/c1-7(2)8(3)10-12-5-9(4-11)6-13-10/h5-8H,1-3H3. The Bertz CT molecular complexity index is 308. The first kappa shape index (κ1) is 9.66. The fourth-order valence-corrected chi connectivity index (χ4v) is 0.929. The van der Waals surface area contributed by atoms with Crippen molar-refractivity contribution in [1.82, 2.24) is 9.97 Å². The fraction of sp³-hybridized carbons (Fsp3) is 0.500. The average molecular weight is 175 g/mol. The lowest BCUT2D eigenvalue weighted by molar-refractivity contribution is 0.510. The Balaban J connectivity index is 2.87. The van der Waals surface area contributed by atoms with Gasteiger partial charge in [-0.1, -0.05) is 20.8 Å². The van der Waals surface area contributed by atoms with Gasteiger partial charge < -0.3 is 0 Å². The summed E-state index contributed by atoms with van der Waals surface area (Å²) in [4.78, 5) is 8.27. The van der Waals surface area contributed by atoms with Crippen molar-refractivity contribution in [3.8, 4) is 6.07 Å². The quantitative estimate of drug-likeness (QED) is 0.691. The van der Waals surface area contributed by atoms with E-state index in [-0.39, 0.29) is 0 Å². The highest BCUT2D eigenvalue weighted by Crippen LogP contribution is 2.19. The Hall–Kier alpha value is -1.43. The van der Waals surface area contributed by atoms with Gasteiger partial charge in [0.15, 0.2) is 0 Å². The smallest absolute Gasteiger partial charge is 0.131 e. The summed E-state index contributed by atoms with van der Waals surface area (Å²) in [6.45, 7) is 6.35. The molecule has 3 nitrogen and oxygen atoms in total. The number of rotatable bonds is 2. The zero-order chi connectivity index (χ0) is 9.84. The van der Waals surface area contributed by atoms with E-state index < -0.39 is 0 Å². The van der Waals surface area contributed by atoms with Crippen molar-refractivity contribution in [3.63, 3.8) is 0 Å². The molecule has 0 saturated carbocycles. The summed E-state index contributed by atoms with van der Waals surface area (Å²) in [7, 11) is 0. The molecule has 1 unspecified atom stereocenters. The third-order valence-electron chi connectivity index (χ3n) is 2.21. The van der Waals surface area contributed by atoms with Crippen molar-refractivity contribution in [1.29, 1.82) is 5.26 Å². The molecule has 0 N–H and O–H groups in total. The molecule has 1 aromatic heterocycles. The molecule has 0 aliphatic rings. The number of nitriles is 1.